The van der Waals surface area contributed by atoms with Crippen molar-refractivity contribution < 1.29 is 13.2 Å². The maximum Gasteiger partial charge on any atom is 0.182 e. The van der Waals surface area contributed by atoms with Crippen LogP contribution in [0.3, 0.4) is 0 Å². The fourth-order valence-electron chi connectivity index (χ4n) is 2.03. The number of nitrogens with zero attached hydrogens (tertiary/aromatic N) is 1. The van der Waals surface area contributed by atoms with Gasteiger partial charge in [-0.15, -0.1) is 0 Å². The van der Waals surface area contributed by atoms with Gasteiger partial charge in [-0.25, -0.2) is 13.2 Å². The summed E-state index contributed by atoms with van der Waals surface area (Å²) < 4.78 is 41.6. The standard InChI is InChI=1S/C13H6ClF3N2S/c14-6-2-1-3-10-12(6)19(13(20)18-10)11-5-8(16)7(15)4-9(11)17/h1-5H,(H,18,20). The molecule has 7 heteroatoms. The van der Waals surface area contributed by atoms with Gasteiger partial charge in [0.25, 0.3) is 0 Å². The van der Waals surface area contributed by atoms with E-state index in [1.165, 1.54) is 4.57 Å². The van der Waals surface area contributed by atoms with Gasteiger partial charge in [-0.3, -0.25) is 4.57 Å². The van der Waals surface area contributed by atoms with Crippen LogP contribution in [0.2, 0.25) is 5.02 Å². The summed E-state index contributed by atoms with van der Waals surface area (Å²) in [6.07, 6.45) is 0. The number of H-pyrrole nitrogens is 1. The molecular formula is C13H6ClF3N2S. The van der Waals surface area contributed by atoms with E-state index in [4.69, 9.17) is 23.8 Å². The highest BCUT2D eigenvalue weighted by Gasteiger charge is 2.16. The van der Waals surface area contributed by atoms with E-state index in [9.17, 15) is 13.2 Å². The smallest absolute Gasteiger partial charge is 0.182 e. The Morgan fingerprint density at radius 2 is 1.75 bits per heavy atom. The minimum absolute atomic E-state index is 0.137. The molecule has 2 aromatic carbocycles. The summed E-state index contributed by atoms with van der Waals surface area (Å²) in [7, 11) is 0. The topological polar surface area (TPSA) is 20.7 Å². The maximum absolute atomic E-state index is 13.9. The zero-order chi connectivity index (χ0) is 14.4. The van der Waals surface area contributed by atoms with E-state index in [2.05, 4.69) is 4.98 Å². The maximum atomic E-state index is 13.9. The molecule has 0 bridgehead atoms. The molecule has 0 saturated carbocycles. The SMILES string of the molecule is Fc1cc(F)c(-n2c(=S)[nH]c3cccc(Cl)c32)cc1F. The summed E-state index contributed by atoms with van der Waals surface area (Å²) in [5, 5.41) is 0.319. The monoisotopic (exact) mass is 314 g/mol. The van der Waals surface area contributed by atoms with Gasteiger partial charge in [-0.2, -0.15) is 0 Å². The van der Waals surface area contributed by atoms with Gasteiger partial charge in [0.1, 0.15) is 5.82 Å². The molecule has 0 spiro atoms. The Morgan fingerprint density at radius 1 is 1.05 bits per heavy atom. The molecule has 102 valence electrons. The lowest BCUT2D eigenvalue weighted by molar-refractivity contribution is 0.493. The molecule has 0 radical (unpaired) electrons. The van der Waals surface area contributed by atoms with Gasteiger partial charge >= 0.3 is 0 Å². The highest BCUT2D eigenvalue weighted by Crippen LogP contribution is 2.28. The Balaban J connectivity index is 2.44. The minimum Gasteiger partial charge on any atom is -0.330 e. The summed E-state index contributed by atoms with van der Waals surface area (Å²) in [4.78, 5) is 2.84. The molecule has 0 aliphatic rings. The second-order valence-electron chi connectivity index (χ2n) is 4.12. The van der Waals surface area contributed by atoms with Crippen LogP contribution in [0.4, 0.5) is 13.2 Å². The molecule has 3 rings (SSSR count). The van der Waals surface area contributed by atoms with Crippen LogP contribution >= 0.6 is 23.8 Å². The summed E-state index contributed by atoms with van der Waals surface area (Å²) in [6.45, 7) is 0. The van der Waals surface area contributed by atoms with E-state index in [1.807, 2.05) is 0 Å². The third-order valence-electron chi connectivity index (χ3n) is 2.89. The van der Waals surface area contributed by atoms with Gasteiger partial charge in [0.15, 0.2) is 16.4 Å². The van der Waals surface area contributed by atoms with Crippen LogP contribution < -0.4 is 0 Å². The molecule has 1 N–H and O–H groups in total. The second kappa shape index (κ2) is 4.64. The van der Waals surface area contributed by atoms with Crippen LogP contribution in [0.5, 0.6) is 0 Å². The van der Waals surface area contributed by atoms with Crippen LogP contribution in [0.1, 0.15) is 0 Å². The summed E-state index contributed by atoms with van der Waals surface area (Å²) in [5.74, 6) is -3.35. The van der Waals surface area contributed by atoms with Gasteiger partial charge in [0, 0.05) is 12.1 Å². The third kappa shape index (κ3) is 1.92. The molecule has 0 aliphatic heterocycles. The van der Waals surface area contributed by atoms with Crippen molar-refractivity contribution in [2.45, 2.75) is 0 Å². The number of rotatable bonds is 1. The van der Waals surface area contributed by atoms with E-state index in [0.717, 1.165) is 6.07 Å². The lowest BCUT2D eigenvalue weighted by Gasteiger charge is -2.07. The van der Waals surface area contributed by atoms with E-state index >= 15 is 0 Å². The van der Waals surface area contributed by atoms with E-state index in [1.54, 1.807) is 18.2 Å². The Hall–Kier alpha value is -1.79. The first-order valence-corrected chi connectivity index (χ1v) is 6.32. The van der Waals surface area contributed by atoms with Crippen LogP contribution in [0, 0.1) is 22.2 Å². The summed E-state index contributed by atoms with van der Waals surface area (Å²) in [5.41, 5.74) is 0.781. The number of hydrogen-bond donors (Lipinski definition) is 1. The van der Waals surface area contributed by atoms with Crippen molar-refractivity contribution in [3.63, 3.8) is 0 Å². The molecule has 0 atom stereocenters. The number of para-hydroxylation sites is 1. The van der Waals surface area contributed by atoms with E-state index in [-0.39, 0.29) is 10.5 Å². The van der Waals surface area contributed by atoms with Gasteiger partial charge in [-0.1, -0.05) is 17.7 Å². The lowest BCUT2D eigenvalue weighted by atomic mass is 10.2. The number of aromatic nitrogens is 2. The van der Waals surface area contributed by atoms with E-state index in [0.29, 0.717) is 22.1 Å². The minimum atomic E-state index is -1.26. The molecule has 20 heavy (non-hydrogen) atoms. The number of aromatic amines is 1. The Bertz CT molecular complexity index is 885. The Morgan fingerprint density at radius 3 is 2.50 bits per heavy atom. The van der Waals surface area contributed by atoms with Crippen molar-refractivity contribution in [3.05, 3.63) is 57.6 Å². The van der Waals surface area contributed by atoms with Crippen molar-refractivity contribution in [2.24, 2.45) is 0 Å². The molecule has 0 amide bonds. The predicted molar refractivity (Wildman–Crippen MR) is 73.3 cm³/mol. The third-order valence-corrected chi connectivity index (χ3v) is 3.48. The molecule has 3 aromatic rings. The zero-order valence-corrected chi connectivity index (χ0v) is 11.3. The molecule has 2 nitrogen and oxygen atoms in total. The van der Waals surface area contributed by atoms with Gasteiger partial charge in [-0.05, 0) is 24.4 Å². The first kappa shape index (κ1) is 13.2. The molecule has 0 unspecified atom stereocenters. The van der Waals surface area contributed by atoms with Crippen LogP contribution in [0.25, 0.3) is 16.7 Å². The van der Waals surface area contributed by atoms with Crippen LogP contribution in [0.15, 0.2) is 30.3 Å². The fraction of sp³-hybridized carbons (Fsp3) is 0. The quantitative estimate of drug-likeness (QED) is 0.507. The predicted octanol–water partition coefficient (Wildman–Crippen LogP) is 4.76. The summed E-state index contributed by atoms with van der Waals surface area (Å²) >= 11 is 11.2. The number of imidazole rings is 1. The molecular weight excluding hydrogens is 309 g/mol. The summed E-state index contributed by atoms with van der Waals surface area (Å²) in [6, 6.07) is 6.22. The average molecular weight is 315 g/mol. The first-order chi connectivity index (χ1) is 9.49. The molecule has 0 aliphatic carbocycles. The highest BCUT2D eigenvalue weighted by molar-refractivity contribution is 7.71. The van der Waals surface area contributed by atoms with Gasteiger partial charge in [0.05, 0.1) is 21.7 Å². The van der Waals surface area contributed by atoms with Crippen molar-refractivity contribution >= 4 is 34.9 Å². The Labute approximate surface area is 121 Å². The van der Waals surface area contributed by atoms with Crippen LogP contribution in [-0.4, -0.2) is 9.55 Å². The zero-order valence-electron chi connectivity index (χ0n) is 9.75. The molecule has 1 heterocycles. The highest BCUT2D eigenvalue weighted by atomic mass is 35.5. The molecule has 1 aromatic heterocycles. The van der Waals surface area contributed by atoms with E-state index < -0.39 is 17.5 Å². The van der Waals surface area contributed by atoms with Crippen molar-refractivity contribution in [1.82, 2.24) is 9.55 Å². The Kier molecular flexibility index (Phi) is 3.07. The van der Waals surface area contributed by atoms with Gasteiger partial charge in [0.2, 0.25) is 0 Å². The normalized spacial score (nSPS) is 11.2. The largest absolute Gasteiger partial charge is 0.330 e. The van der Waals surface area contributed by atoms with Crippen molar-refractivity contribution in [1.29, 1.82) is 0 Å². The average Bonchev–Trinajstić information content (AvgIpc) is 2.71. The second-order valence-corrected chi connectivity index (χ2v) is 4.91. The number of fused-ring (bicyclic) bond motifs is 1. The number of halogens is 4. The number of nitrogens with one attached hydrogen (secondary N) is 1. The van der Waals surface area contributed by atoms with Gasteiger partial charge < -0.3 is 4.98 Å². The van der Waals surface area contributed by atoms with Crippen molar-refractivity contribution in [3.8, 4) is 5.69 Å². The number of benzene rings is 2. The van der Waals surface area contributed by atoms with Crippen LogP contribution in [-0.2, 0) is 0 Å². The lowest BCUT2D eigenvalue weighted by Crippen LogP contribution is -2.01. The number of hydrogen-bond acceptors (Lipinski definition) is 1. The first-order valence-electron chi connectivity index (χ1n) is 5.53. The fourth-order valence-corrected chi connectivity index (χ4v) is 2.59. The molecule has 0 fully saturated rings. The molecule has 0 saturated heterocycles. The van der Waals surface area contributed by atoms with Crippen molar-refractivity contribution in [2.75, 3.05) is 0 Å².